The first-order valence-electron chi connectivity index (χ1n) is 6.13. The zero-order chi connectivity index (χ0) is 14.0. The third kappa shape index (κ3) is 2.93. The fraction of sp³-hybridized carbons (Fsp3) is 0.188. The van der Waals surface area contributed by atoms with Crippen LogP contribution in [0.15, 0.2) is 36.4 Å². The molecule has 0 unspecified atom stereocenters. The first-order chi connectivity index (χ1) is 8.99. The summed E-state index contributed by atoms with van der Waals surface area (Å²) in [6, 6.07) is 11.8. The monoisotopic (exact) mass is 271 g/mol. The molecule has 0 saturated carbocycles. The van der Waals surface area contributed by atoms with Crippen molar-refractivity contribution >= 4 is 17.2 Å². The van der Waals surface area contributed by atoms with E-state index in [1.165, 1.54) is 5.56 Å². The van der Waals surface area contributed by atoms with E-state index in [2.05, 4.69) is 19.9 Å². The molecule has 0 saturated heterocycles. The zero-order valence-corrected chi connectivity index (χ0v) is 12.2. The van der Waals surface area contributed by atoms with Crippen LogP contribution in [0.4, 0.5) is 0 Å². The largest absolute Gasteiger partial charge is 0.457 e. The number of thiocarbonyl (C=S) groups is 1. The Labute approximate surface area is 119 Å². The number of hydrogen-bond donors (Lipinski definition) is 1. The van der Waals surface area contributed by atoms with Gasteiger partial charge in [-0.3, -0.25) is 0 Å². The summed E-state index contributed by atoms with van der Waals surface area (Å²) in [7, 11) is 0. The molecule has 0 radical (unpaired) electrons. The highest BCUT2D eigenvalue weighted by atomic mass is 32.1. The highest BCUT2D eigenvalue weighted by Gasteiger charge is 2.06. The molecule has 2 nitrogen and oxygen atoms in total. The first kappa shape index (κ1) is 13.6. The number of ether oxygens (including phenoxy) is 1. The van der Waals surface area contributed by atoms with Crippen molar-refractivity contribution in [2.75, 3.05) is 0 Å². The molecule has 0 aliphatic carbocycles. The molecule has 2 aromatic rings. The predicted molar refractivity (Wildman–Crippen MR) is 83.1 cm³/mol. The molecule has 2 rings (SSSR count). The summed E-state index contributed by atoms with van der Waals surface area (Å²) >= 11 is 5.00. The molecule has 0 atom stereocenters. The average molecular weight is 271 g/mol. The highest BCUT2D eigenvalue weighted by molar-refractivity contribution is 7.80. The Balaban J connectivity index is 2.32. The standard InChI is InChI=1S/C16H17NOS/c1-10-5-4-6-15(12(10)3)18-13-7-8-14(16(17)19)11(2)9-13/h4-9H,1-3H3,(H2,17,19). The summed E-state index contributed by atoms with van der Waals surface area (Å²) in [5, 5.41) is 0. The highest BCUT2D eigenvalue weighted by Crippen LogP contribution is 2.28. The molecule has 0 aromatic heterocycles. The summed E-state index contributed by atoms with van der Waals surface area (Å²) < 4.78 is 5.92. The number of hydrogen-bond acceptors (Lipinski definition) is 2. The number of rotatable bonds is 3. The second-order valence-electron chi connectivity index (χ2n) is 4.64. The molecule has 0 aliphatic rings. The van der Waals surface area contributed by atoms with Gasteiger partial charge in [-0.15, -0.1) is 0 Å². The van der Waals surface area contributed by atoms with Crippen LogP contribution in [0.2, 0.25) is 0 Å². The van der Waals surface area contributed by atoms with Crippen LogP contribution in [-0.4, -0.2) is 4.99 Å². The molecule has 0 amide bonds. The lowest BCUT2D eigenvalue weighted by Crippen LogP contribution is -2.10. The summed E-state index contributed by atoms with van der Waals surface area (Å²) in [6.07, 6.45) is 0. The topological polar surface area (TPSA) is 35.2 Å². The van der Waals surface area contributed by atoms with Crippen molar-refractivity contribution in [2.24, 2.45) is 5.73 Å². The van der Waals surface area contributed by atoms with E-state index < -0.39 is 0 Å². The quantitative estimate of drug-likeness (QED) is 0.856. The molecule has 3 heteroatoms. The SMILES string of the molecule is Cc1cc(Oc2cccc(C)c2C)ccc1C(N)=S. The van der Waals surface area contributed by atoms with E-state index in [-0.39, 0.29) is 0 Å². The molecular formula is C16H17NOS. The zero-order valence-electron chi connectivity index (χ0n) is 11.4. The van der Waals surface area contributed by atoms with Crippen LogP contribution < -0.4 is 10.5 Å². The lowest BCUT2D eigenvalue weighted by Gasteiger charge is -2.12. The summed E-state index contributed by atoms with van der Waals surface area (Å²) in [5.74, 6) is 1.67. The molecule has 0 bridgehead atoms. The molecule has 0 spiro atoms. The van der Waals surface area contributed by atoms with Gasteiger partial charge in [0.25, 0.3) is 0 Å². The summed E-state index contributed by atoms with van der Waals surface area (Å²) in [5.41, 5.74) is 9.94. The van der Waals surface area contributed by atoms with Crippen LogP contribution in [0.5, 0.6) is 11.5 Å². The second-order valence-corrected chi connectivity index (χ2v) is 5.08. The van der Waals surface area contributed by atoms with Crippen LogP contribution in [0.25, 0.3) is 0 Å². The lowest BCUT2D eigenvalue weighted by atomic mass is 10.1. The van der Waals surface area contributed by atoms with Gasteiger partial charge < -0.3 is 10.5 Å². The normalized spacial score (nSPS) is 10.3. The Morgan fingerprint density at radius 2 is 1.79 bits per heavy atom. The molecule has 0 heterocycles. The van der Waals surface area contributed by atoms with E-state index in [1.807, 2.05) is 37.3 Å². The Hall–Kier alpha value is -1.87. The molecular weight excluding hydrogens is 254 g/mol. The molecule has 98 valence electrons. The number of aryl methyl sites for hydroxylation is 2. The third-order valence-electron chi connectivity index (χ3n) is 3.25. The van der Waals surface area contributed by atoms with E-state index in [9.17, 15) is 0 Å². The van der Waals surface area contributed by atoms with Crippen LogP contribution in [0.1, 0.15) is 22.3 Å². The second kappa shape index (κ2) is 5.41. The minimum Gasteiger partial charge on any atom is -0.457 e. The predicted octanol–water partition coefficient (Wildman–Crippen LogP) is 4.04. The fourth-order valence-electron chi connectivity index (χ4n) is 1.94. The van der Waals surface area contributed by atoms with Gasteiger partial charge in [-0.2, -0.15) is 0 Å². The third-order valence-corrected chi connectivity index (χ3v) is 3.47. The van der Waals surface area contributed by atoms with Crippen LogP contribution in [0, 0.1) is 20.8 Å². The van der Waals surface area contributed by atoms with Gasteiger partial charge in [-0.25, -0.2) is 0 Å². The number of benzene rings is 2. The molecule has 2 N–H and O–H groups in total. The summed E-state index contributed by atoms with van der Waals surface area (Å²) in [4.78, 5) is 0.413. The van der Waals surface area contributed by atoms with Crippen LogP contribution in [-0.2, 0) is 0 Å². The Kier molecular flexibility index (Phi) is 3.86. The minimum absolute atomic E-state index is 0.413. The van der Waals surface area contributed by atoms with Crippen molar-refractivity contribution in [1.82, 2.24) is 0 Å². The number of nitrogens with two attached hydrogens (primary N) is 1. The van der Waals surface area contributed by atoms with Gasteiger partial charge >= 0.3 is 0 Å². The van der Waals surface area contributed by atoms with Gasteiger partial charge in [0.2, 0.25) is 0 Å². The van der Waals surface area contributed by atoms with Crippen LogP contribution in [0.3, 0.4) is 0 Å². The van der Waals surface area contributed by atoms with Crippen molar-refractivity contribution in [3.8, 4) is 11.5 Å². The van der Waals surface area contributed by atoms with Gasteiger partial charge in [-0.1, -0.05) is 24.4 Å². The van der Waals surface area contributed by atoms with Crippen molar-refractivity contribution < 1.29 is 4.74 Å². The molecule has 0 fully saturated rings. The van der Waals surface area contributed by atoms with Crippen LogP contribution >= 0.6 is 12.2 Å². The van der Waals surface area contributed by atoms with Gasteiger partial charge in [0, 0.05) is 5.56 Å². The van der Waals surface area contributed by atoms with E-state index >= 15 is 0 Å². The molecule has 19 heavy (non-hydrogen) atoms. The minimum atomic E-state index is 0.413. The summed E-state index contributed by atoms with van der Waals surface area (Å²) in [6.45, 7) is 6.11. The Bertz CT molecular complexity index is 635. The van der Waals surface area contributed by atoms with Gasteiger partial charge in [0.1, 0.15) is 16.5 Å². The smallest absolute Gasteiger partial charge is 0.130 e. The van der Waals surface area contributed by atoms with E-state index in [1.54, 1.807) is 0 Å². The van der Waals surface area contributed by atoms with Gasteiger partial charge in [0.15, 0.2) is 0 Å². The van der Waals surface area contributed by atoms with Gasteiger partial charge in [0.05, 0.1) is 0 Å². The molecule has 2 aromatic carbocycles. The lowest BCUT2D eigenvalue weighted by molar-refractivity contribution is 0.478. The van der Waals surface area contributed by atoms with Crippen molar-refractivity contribution in [3.05, 3.63) is 58.7 Å². The molecule has 0 aliphatic heterocycles. The first-order valence-corrected chi connectivity index (χ1v) is 6.54. The Morgan fingerprint density at radius 3 is 2.42 bits per heavy atom. The maximum absolute atomic E-state index is 5.92. The van der Waals surface area contributed by atoms with Gasteiger partial charge in [-0.05, 0) is 61.7 Å². The maximum Gasteiger partial charge on any atom is 0.130 e. The van der Waals surface area contributed by atoms with Crippen molar-refractivity contribution in [1.29, 1.82) is 0 Å². The van der Waals surface area contributed by atoms with E-state index in [0.29, 0.717) is 4.99 Å². The van der Waals surface area contributed by atoms with E-state index in [0.717, 1.165) is 28.2 Å². The fourth-order valence-corrected chi connectivity index (χ4v) is 2.17. The van der Waals surface area contributed by atoms with Crippen molar-refractivity contribution in [2.45, 2.75) is 20.8 Å². The Morgan fingerprint density at radius 1 is 1.05 bits per heavy atom. The van der Waals surface area contributed by atoms with E-state index in [4.69, 9.17) is 22.7 Å². The van der Waals surface area contributed by atoms with Crippen molar-refractivity contribution in [3.63, 3.8) is 0 Å². The maximum atomic E-state index is 5.92. The average Bonchev–Trinajstić information content (AvgIpc) is 2.34.